The number of hydrogen-bond acceptors (Lipinski definition) is 9. The van der Waals surface area contributed by atoms with Crippen LogP contribution in [0.25, 0.3) is 11.1 Å². The molecule has 45 heavy (non-hydrogen) atoms. The Labute approximate surface area is 266 Å². The molecule has 1 aromatic heterocycles. The number of pyridine rings is 1. The summed E-state index contributed by atoms with van der Waals surface area (Å²) in [6.45, 7) is 7.46. The van der Waals surface area contributed by atoms with E-state index in [1.165, 1.54) is 11.3 Å². The number of piperazine rings is 1. The number of carbonyl (C=O) groups excluding carboxylic acids is 2. The third-order valence-electron chi connectivity index (χ3n) is 10.4. The Morgan fingerprint density at radius 3 is 2.56 bits per heavy atom. The highest BCUT2D eigenvalue weighted by Crippen LogP contribution is 2.42. The molecule has 1 aliphatic carbocycles. The van der Waals surface area contributed by atoms with E-state index in [1.807, 2.05) is 19.3 Å². The number of aromatic nitrogens is 1. The molecule has 240 valence electrons. The fourth-order valence-electron chi connectivity index (χ4n) is 7.72. The van der Waals surface area contributed by atoms with Gasteiger partial charge in [-0.25, -0.2) is 4.98 Å². The van der Waals surface area contributed by atoms with Gasteiger partial charge in [-0.05, 0) is 81.0 Å². The molecule has 1 amide bonds. The zero-order valence-corrected chi connectivity index (χ0v) is 26.7. The Kier molecular flexibility index (Phi) is 8.68. The minimum absolute atomic E-state index is 0.183. The maximum atomic E-state index is 14.1. The fourth-order valence-corrected chi connectivity index (χ4v) is 7.72. The molecule has 10 nitrogen and oxygen atoms in total. The van der Waals surface area contributed by atoms with Crippen molar-refractivity contribution < 1.29 is 19.1 Å². The number of benzene rings is 1. The number of amides is 1. The predicted octanol–water partition coefficient (Wildman–Crippen LogP) is 3.57. The lowest BCUT2D eigenvalue weighted by atomic mass is 9.81. The smallest absolute Gasteiger partial charge is 0.255 e. The average molecular weight is 615 g/mol. The first-order valence-corrected chi connectivity index (χ1v) is 16.8. The summed E-state index contributed by atoms with van der Waals surface area (Å²) in [6.07, 6.45) is 8.00. The molecular formula is C35H46N6O4. The van der Waals surface area contributed by atoms with E-state index in [1.54, 1.807) is 0 Å². The molecule has 2 saturated heterocycles. The predicted molar refractivity (Wildman–Crippen MR) is 175 cm³/mol. The van der Waals surface area contributed by atoms with Crippen LogP contribution in [-0.2, 0) is 9.53 Å². The third-order valence-corrected chi connectivity index (χ3v) is 10.4. The second-order valence-corrected chi connectivity index (χ2v) is 13.2. The second kappa shape index (κ2) is 13.0. The number of allylic oxidation sites excluding steroid dienone is 1. The largest absolute Gasteiger partial charge is 0.489 e. The van der Waals surface area contributed by atoms with Crippen LogP contribution in [0.15, 0.2) is 41.7 Å². The van der Waals surface area contributed by atoms with Crippen LogP contribution in [0, 0.1) is 5.92 Å². The molecule has 1 N–H and O–H groups in total. The van der Waals surface area contributed by atoms with Crippen molar-refractivity contribution in [3.63, 3.8) is 0 Å². The van der Waals surface area contributed by atoms with Gasteiger partial charge in [-0.1, -0.05) is 0 Å². The second-order valence-electron chi connectivity index (χ2n) is 13.2. The van der Waals surface area contributed by atoms with Gasteiger partial charge in [0, 0.05) is 76.5 Å². The van der Waals surface area contributed by atoms with Crippen molar-refractivity contribution in [2.45, 2.75) is 44.6 Å². The summed E-state index contributed by atoms with van der Waals surface area (Å²) < 4.78 is 11.9. The van der Waals surface area contributed by atoms with Gasteiger partial charge in [-0.15, -0.1) is 0 Å². The van der Waals surface area contributed by atoms with E-state index in [4.69, 9.17) is 14.5 Å². The van der Waals surface area contributed by atoms with Crippen molar-refractivity contribution in [2.24, 2.45) is 5.92 Å². The lowest BCUT2D eigenvalue weighted by Gasteiger charge is -2.40. The molecule has 1 atom stereocenters. The van der Waals surface area contributed by atoms with Crippen LogP contribution >= 0.6 is 0 Å². The number of likely N-dealkylation sites (N-methyl/N-ethyl adjacent to an activating group) is 2. The number of carbonyl (C=O) groups is 2. The van der Waals surface area contributed by atoms with E-state index in [-0.39, 0.29) is 17.6 Å². The van der Waals surface area contributed by atoms with Gasteiger partial charge in [-0.3, -0.25) is 9.59 Å². The number of Topliss-reactive ketones (excluding diaryl/α,β-unsaturated/α-hetero) is 1. The van der Waals surface area contributed by atoms with Crippen LogP contribution in [0.3, 0.4) is 0 Å². The first-order valence-electron chi connectivity index (χ1n) is 16.8. The van der Waals surface area contributed by atoms with Gasteiger partial charge >= 0.3 is 0 Å². The molecule has 2 fully saturated rings. The van der Waals surface area contributed by atoms with Gasteiger partial charge in [0.05, 0.1) is 30.3 Å². The van der Waals surface area contributed by atoms with Crippen molar-refractivity contribution in [1.29, 1.82) is 0 Å². The van der Waals surface area contributed by atoms with Gasteiger partial charge in [-0.2, -0.15) is 0 Å². The summed E-state index contributed by atoms with van der Waals surface area (Å²) in [6, 6.07) is 8.64. The van der Waals surface area contributed by atoms with E-state index in [0.29, 0.717) is 37.1 Å². The molecule has 4 aliphatic heterocycles. The lowest BCUT2D eigenvalue weighted by Crippen LogP contribution is -2.45. The molecule has 7 rings (SSSR count). The first kappa shape index (κ1) is 30.0. The van der Waals surface area contributed by atoms with E-state index in [2.05, 4.69) is 50.2 Å². The molecule has 0 bridgehead atoms. The SMILES string of the molecule is CN1CCN(c2ccc(-c3cc(C(=O)NCC4C(=O)CN(C)C5=C4CCCC5)c4c(c3)N(C3CCOCC3)CCO4)cn2)CC1. The van der Waals surface area contributed by atoms with Crippen molar-refractivity contribution in [1.82, 2.24) is 20.1 Å². The Bertz CT molecular complexity index is 1440. The Hall–Kier alpha value is -3.63. The Morgan fingerprint density at radius 1 is 0.978 bits per heavy atom. The van der Waals surface area contributed by atoms with E-state index in [0.717, 1.165) is 107 Å². The monoisotopic (exact) mass is 614 g/mol. The molecule has 2 aromatic rings. The average Bonchev–Trinajstić information content (AvgIpc) is 3.08. The quantitative estimate of drug-likeness (QED) is 0.525. The molecule has 10 heteroatoms. The van der Waals surface area contributed by atoms with Crippen LogP contribution in [-0.4, -0.2) is 112 Å². The standard InChI is InChI=1S/C35H46N6O4/c1-38-11-13-40(14-12-38)33-8-7-24(21-36-33)25-19-28(34-31(20-25)41(15-18-45-34)26-9-16-44-17-10-26)35(43)37-22-29-27-5-3-4-6-30(27)39(2)23-32(29)42/h7-8,19-21,26,29H,3-6,9-18,22-23H2,1-2H3,(H,37,43). The highest BCUT2D eigenvalue weighted by molar-refractivity contribution is 6.01. The molecule has 5 heterocycles. The van der Waals surface area contributed by atoms with Crippen molar-refractivity contribution in [2.75, 3.05) is 89.5 Å². The molecule has 0 spiro atoms. The maximum Gasteiger partial charge on any atom is 0.255 e. The summed E-state index contributed by atoms with van der Waals surface area (Å²) in [5, 5.41) is 3.17. The van der Waals surface area contributed by atoms with E-state index < -0.39 is 0 Å². The van der Waals surface area contributed by atoms with Crippen LogP contribution in [0.2, 0.25) is 0 Å². The fraction of sp³-hybridized carbons (Fsp3) is 0.571. The molecule has 5 aliphatic rings. The topological polar surface area (TPSA) is 90.5 Å². The molecule has 1 aromatic carbocycles. The lowest BCUT2D eigenvalue weighted by molar-refractivity contribution is -0.123. The van der Waals surface area contributed by atoms with Gasteiger partial charge in [0.1, 0.15) is 12.4 Å². The van der Waals surface area contributed by atoms with Crippen LogP contribution in [0.1, 0.15) is 48.9 Å². The Morgan fingerprint density at radius 2 is 1.78 bits per heavy atom. The van der Waals surface area contributed by atoms with Crippen molar-refractivity contribution >= 4 is 23.2 Å². The van der Waals surface area contributed by atoms with Gasteiger partial charge in [0.2, 0.25) is 0 Å². The van der Waals surface area contributed by atoms with Crippen LogP contribution in [0.4, 0.5) is 11.5 Å². The van der Waals surface area contributed by atoms with Gasteiger partial charge < -0.3 is 34.4 Å². The molecule has 0 saturated carbocycles. The number of ketones is 1. The zero-order chi connectivity index (χ0) is 30.9. The summed E-state index contributed by atoms with van der Waals surface area (Å²) in [4.78, 5) is 41.3. The molecule has 0 radical (unpaired) electrons. The molecular weight excluding hydrogens is 568 g/mol. The maximum absolute atomic E-state index is 14.1. The third kappa shape index (κ3) is 6.14. The summed E-state index contributed by atoms with van der Waals surface area (Å²) in [5.41, 5.74) is 5.87. The minimum atomic E-state index is -0.259. The molecule has 1 unspecified atom stereocenters. The van der Waals surface area contributed by atoms with Crippen LogP contribution < -0.4 is 19.9 Å². The number of ether oxygens (including phenoxy) is 2. The van der Waals surface area contributed by atoms with E-state index in [9.17, 15) is 9.59 Å². The number of hydrogen-bond donors (Lipinski definition) is 1. The Balaban J connectivity index is 1.19. The number of anilines is 2. The first-order chi connectivity index (χ1) is 22.0. The number of rotatable bonds is 6. The summed E-state index contributed by atoms with van der Waals surface area (Å²) in [7, 11) is 4.17. The number of nitrogens with one attached hydrogen (secondary N) is 1. The van der Waals surface area contributed by atoms with Gasteiger partial charge in [0.15, 0.2) is 11.5 Å². The minimum Gasteiger partial charge on any atom is -0.489 e. The van der Waals surface area contributed by atoms with Crippen LogP contribution in [0.5, 0.6) is 5.75 Å². The highest BCUT2D eigenvalue weighted by Gasteiger charge is 2.35. The highest BCUT2D eigenvalue weighted by atomic mass is 16.5. The van der Waals surface area contributed by atoms with Crippen molar-refractivity contribution in [3.05, 3.63) is 47.3 Å². The normalized spacial score (nSPS) is 23.0. The summed E-state index contributed by atoms with van der Waals surface area (Å²) in [5.74, 6) is 1.33. The van der Waals surface area contributed by atoms with Gasteiger partial charge in [0.25, 0.3) is 5.91 Å². The van der Waals surface area contributed by atoms with Crippen molar-refractivity contribution in [3.8, 4) is 16.9 Å². The summed E-state index contributed by atoms with van der Waals surface area (Å²) >= 11 is 0. The van der Waals surface area contributed by atoms with E-state index >= 15 is 0 Å². The number of nitrogens with zero attached hydrogens (tertiary/aromatic N) is 5. The zero-order valence-electron chi connectivity index (χ0n) is 26.7. The number of fused-ring (bicyclic) bond motifs is 1.